The summed E-state index contributed by atoms with van der Waals surface area (Å²) in [5, 5.41) is 11.9. The number of thiophene rings is 1. The van der Waals surface area contributed by atoms with Gasteiger partial charge in [0.15, 0.2) is 0 Å². The molecule has 2 heteroatoms. The van der Waals surface area contributed by atoms with Crippen LogP contribution in [0, 0.1) is 17.8 Å². The molecular formula is C11H12OS. The molecule has 0 spiro atoms. The molecule has 1 unspecified atom stereocenters. The molecule has 0 radical (unpaired) electrons. The Morgan fingerprint density at radius 2 is 2.38 bits per heavy atom. The normalized spacial score (nSPS) is 20.2. The molecule has 0 saturated heterocycles. The van der Waals surface area contributed by atoms with Crippen molar-refractivity contribution in [3.63, 3.8) is 0 Å². The van der Waals surface area contributed by atoms with Crippen LogP contribution < -0.4 is 0 Å². The Morgan fingerprint density at radius 1 is 1.62 bits per heavy atom. The lowest BCUT2D eigenvalue weighted by atomic mass is 10.0. The van der Waals surface area contributed by atoms with Gasteiger partial charge in [-0.2, -0.15) is 0 Å². The van der Waals surface area contributed by atoms with E-state index in [2.05, 4.69) is 11.8 Å². The van der Waals surface area contributed by atoms with Crippen LogP contribution in [-0.4, -0.2) is 10.7 Å². The van der Waals surface area contributed by atoms with Gasteiger partial charge in [0, 0.05) is 0 Å². The van der Waals surface area contributed by atoms with Gasteiger partial charge in [-0.15, -0.1) is 11.3 Å². The molecule has 0 bridgehead atoms. The summed E-state index contributed by atoms with van der Waals surface area (Å²) in [6.07, 6.45) is 2.23. The van der Waals surface area contributed by atoms with Crippen molar-refractivity contribution < 1.29 is 5.11 Å². The summed E-state index contributed by atoms with van der Waals surface area (Å²) in [6.45, 7) is 1.81. The molecule has 2 rings (SSSR count). The summed E-state index contributed by atoms with van der Waals surface area (Å²) >= 11 is 1.61. The van der Waals surface area contributed by atoms with Crippen molar-refractivity contribution in [2.75, 3.05) is 0 Å². The Morgan fingerprint density at radius 3 is 2.92 bits per heavy atom. The van der Waals surface area contributed by atoms with Crippen molar-refractivity contribution in [1.82, 2.24) is 0 Å². The third-order valence-corrected chi connectivity index (χ3v) is 3.12. The fourth-order valence-electron chi connectivity index (χ4n) is 1.29. The third kappa shape index (κ3) is 2.12. The first-order valence-corrected chi connectivity index (χ1v) is 5.35. The Kier molecular flexibility index (Phi) is 2.15. The van der Waals surface area contributed by atoms with Crippen molar-refractivity contribution in [2.24, 2.45) is 5.92 Å². The molecule has 1 aliphatic carbocycles. The van der Waals surface area contributed by atoms with Crippen molar-refractivity contribution in [2.45, 2.75) is 25.4 Å². The van der Waals surface area contributed by atoms with E-state index < -0.39 is 5.60 Å². The van der Waals surface area contributed by atoms with E-state index in [4.69, 9.17) is 0 Å². The molecule has 1 aromatic rings. The standard InChI is InChI=1S/C11H12OS/c1-11(12,9-4-5-9)7-6-10-3-2-8-13-10/h2-3,8-9,12H,4-5H2,1H3. The second-order valence-corrected chi connectivity index (χ2v) is 4.60. The molecule has 0 aliphatic heterocycles. The molecule has 13 heavy (non-hydrogen) atoms. The fourth-order valence-corrected chi connectivity index (χ4v) is 1.86. The van der Waals surface area contributed by atoms with Gasteiger partial charge >= 0.3 is 0 Å². The average Bonchev–Trinajstić information content (AvgIpc) is 2.82. The monoisotopic (exact) mass is 192 g/mol. The van der Waals surface area contributed by atoms with Crippen LogP contribution in [0.25, 0.3) is 0 Å². The summed E-state index contributed by atoms with van der Waals surface area (Å²) < 4.78 is 0. The highest BCUT2D eigenvalue weighted by Gasteiger charge is 2.38. The molecule has 1 saturated carbocycles. The number of hydrogen-bond acceptors (Lipinski definition) is 2. The highest BCUT2D eigenvalue weighted by molar-refractivity contribution is 7.10. The largest absolute Gasteiger partial charge is 0.378 e. The summed E-state index contributed by atoms with van der Waals surface area (Å²) in [7, 11) is 0. The summed E-state index contributed by atoms with van der Waals surface area (Å²) in [4.78, 5) is 1.03. The van der Waals surface area contributed by atoms with E-state index in [1.165, 1.54) is 0 Å². The maximum absolute atomic E-state index is 9.88. The first kappa shape index (κ1) is 8.80. The summed E-state index contributed by atoms with van der Waals surface area (Å²) in [6, 6.07) is 3.95. The lowest BCUT2D eigenvalue weighted by Crippen LogP contribution is -2.24. The van der Waals surface area contributed by atoms with E-state index >= 15 is 0 Å². The van der Waals surface area contributed by atoms with Crippen LogP contribution in [-0.2, 0) is 0 Å². The molecule has 1 heterocycles. The van der Waals surface area contributed by atoms with Crippen LogP contribution in [0.4, 0.5) is 0 Å². The summed E-state index contributed by atoms with van der Waals surface area (Å²) in [5.41, 5.74) is -0.774. The maximum atomic E-state index is 9.88. The van der Waals surface area contributed by atoms with Crippen molar-refractivity contribution in [1.29, 1.82) is 0 Å². The van der Waals surface area contributed by atoms with Gasteiger partial charge in [-0.1, -0.05) is 17.9 Å². The zero-order valence-electron chi connectivity index (χ0n) is 7.58. The predicted octanol–water partition coefficient (Wildman–Crippen LogP) is 2.26. The van der Waals surface area contributed by atoms with Gasteiger partial charge in [-0.05, 0) is 37.1 Å². The zero-order chi connectivity index (χ0) is 9.31. The molecule has 0 amide bonds. The zero-order valence-corrected chi connectivity index (χ0v) is 8.40. The van der Waals surface area contributed by atoms with Gasteiger partial charge in [0.05, 0.1) is 4.88 Å². The first-order chi connectivity index (χ1) is 6.18. The summed E-state index contributed by atoms with van der Waals surface area (Å²) in [5.74, 6) is 6.35. The van der Waals surface area contributed by atoms with Gasteiger partial charge in [-0.25, -0.2) is 0 Å². The molecular weight excluding hydrogens is 180 g/mol. The number of hydrogen-bond donors (Lipinski definition) is 1. The Labute approximate surface area is 82.4 Å². The molecule has 1 atom stereocenters. The Bertz CT molecular complexity index is 336. The second kappa shape index (κ2) is 3.17. The molecule has 68 valence electrons. The van der Waals surface area contributed by atoms with Gasteiger partial charge in [0.1, 0.15) is 5.60 Å². The topological polar surface area (TPSA) is 20.2 Å². The van der Waals surface area contributed by atoms with Crippen LogP contribution in [0.3, 0.4) is 0 Å². The van der Waals surface area contributed by atoms with Crippen LogP contribution in [0.2, 0.25) is 0 Å². The quantitative estimate of drug-likeness (QED) is 0.677. The minimum absolute atomic E-state index is 0.403. The van der Waals surface area contributed by atoms with Crippen molar-refractivity contribution in [3.8, 4) is 11.8 Å². The van der Waals surface area contributed by atoms with Crippen molar-refractivity contribution >= 4 is 11.3 Å². The van der Waals surface area contributed by atoms with Gasteiger partial charge in [0.2, 0.25) is 0 Å². The highest BCUT2D eigenvalue weighted by Crippen LogP contribution is 2.39. The first-order valence-electron chi connectivity index (χ1n) is 4.47. The second-order valence-electron chi connectivity index (χ2n) is 3.65. The van der Waals surface area contributed by atoms with Gasteiger partial charge in [0.25, 0.3) is 0 Å². The molecule has 1 N–H and O–H groups in total. The van der Waals surface area contributed by atoms with E-state index in [1.807, 2.05) is 24.4 Å². The van der Waals surface area contributed by atoms with Crippen LogP contribution in [0.15, 0.2) is 17.5 Å². The predicted molar refractivity (Wildman–Crippen MR) is 54.5 cm³/mol. The van der Waals surface area contributed by atoms with E-state index in [9.17, 15) is 5.11 Å². The van der Waals surface area contributed by atoms with Crippen LogP contribution in [0.5, 0.6) is 0 Å². The van der Waals surface area contributed by atoms with E-state index in [-0.39, 0.29) is 0 Å². The lowest BCUT2D eigenvalue weighted by Gasteiger charge is -2.13. The van der Waals surface area contributed by atoms with Gasteiger partial charge in [-0.3, -0.25) is 0 Å². The minimum atomic E-state index is -0.774. The smallest absolute Gasteiger partial charge is 0.125 e. The number of aliphatic hydroxyl groups is 1. The third-order valence-electron chi connectivity index (χ3n) is 2.33. The number of rotatable bonds is 1. The molecule has 1 fully saturated rings. The highest BCUT2D eigenvalue weighted by atomic mass is 32.1. The molecule has 1 aromatic heterocycles. The lowest BCUT2D eigenvalue weighted by molar-refractivity contribution is 0.0980. The maximum Gasteiger partial charge on any atom is 0.125 e. The van der Waals surface area contributed by atoms with E-state index in [0.717, 1.165) is 17.7 Å². The minimum Gasteiger partial charge on any atom is -0.378 e. The Balaban J connectivity index is 2.11. The van der Waals surface area contributed by atoms with Crippen molar-refractivity contribution in [3.05, 3.63) is 22.4 Å². The van der Waals surface area contributed by atoms with E-state index in [0.29, 0.717) is 5.92 Å². The van der Waals surface area contributed by atoms with Crippen LogP contribution in [0.1, 0.15) is 24.6 Å². The molecule has 1 nitrogen and oxygen atoms in total. The Hall–Kier alpha value is -0.780. The average molecular weight is 192 g/mol. The van der Waals surface area contributed by atoms with Gasteiger partial charge < -0.3 is 5.11 Å². The molecule has 0 aromatic carbocycles. The van der Waals surface area contributed by atoms with Crippen LogP contribution >= 0.6 is 11.3 Å². The van der Waals surface area contributed by atoms with E-state index in [1.54, 1.807) is 11.3 Å². The fraction of sp³-hybridized carbons (Fsp3) is 0.455. The SMILES string of the molecule is CC(O)(C#Cc1cccs1)C1CC1. The molecule has 1 aliphatic rings.